The number of nitrogens with zero attached hydrogens (tertiary/aromatic N) is 1. The van der Waals surface area contributed by atoms with Crippen LogP contribution in [0.4, 0.5) is 0 Å². The Morgan fingerprint density at radius 2 is 1.73 bits per heavy atom. The molecule has 2 atom stereocenters. The third kappa shape index (κ3) is 7.82. The van der Waals surface area contributed by atoms with Gasteiger partial charge >= 0.3 is 0 Å². The fourth-order valence-electron chi connectivity index (χ4n) is 2.91. The molecular weight excluding hydrogens is 444 g/mol. The maximum Gasteiger partial charge on any atom is 0.242 e. The van der Waals surface area contributed by atoms with Gasteiger partial charge in [-0.3, -0.25) is 9.59 Å². The number of para-hydroxylation sites is 1. The number of amides is 2. The molecule has 1 N–H and O–H groups in total. The summed E-state index contributed by atoms with van der Waals surface area (Å²) in [5.41, 5.74) is 0.982. The Labute approximate surface area is 187 Å². The van der Waals surface area contributed by atoms with Crippen LogP contribution in [0.1, 0.15) is 45.6 Å². The molecule has 30 heavy (non-hydrogen) atoms. The predicted molar refractivity (Wildman–Crippen MR) is 123 cm³/mol. The lowest BCUT2D eigenvalue weighted by molar-refractivity contribution is -0.141. The molecule has 6 heteroatoms. The van der Waals surface area contributed by atoms with Gasteiger partial charge in [-0.05, 0) is 56.5 Å². The number of ether oxygens (including phenoxy) is 1. The van der Waals surface area contributed by atoms with Gasteiger partial charge in [-0.15, -0.1) is 0 Å². The molecule has 0 aliphatic carbocycles. The zero-order valence-corrected chi connectivity index (χ0v) is 19.5. The minimum absolute atomic E-state index is 0.0543. The maximum absolute atomic E-state index is 13.0. The number of rotatable bonds is 11. The Bertz CT molecular complexity index is 796. The molecule has 2 amide bonds. The monoisotopic (exact) mass is 474 g/mol. The Morgan fingerprint density at radius 3 is 2.37 bits per heavy atom. The van der Waals surface area contributed by atoms with E-state index in [2.05, 4.69) is 21.2 Å². The van der Waals surface area contributed by atoms with Gasteiger partial charge in [-0.1, -0.05) is 53.2 Å². The van der Waals surface area contributed by atoms with Crippen molar-refractivity contribution in [2.75, 3.05) is 6.61 Å². The van der Waals surface area contributed by atoms with E-state index in [0.29, 0.717) is 26.0 Å². The zero-order chi connectivity index (χ0) is 21.9. The predicted octanol–water partition coefficient (Wildman–Crippen LogP) is 4.94. The second-order valence-corrected chi connectivity index (χ2v) is 8.32. The van der Waals surface area contributed by atoms with Crippen molar-refractivity contribution in [3.05, 3.63) is 64.6 Å². The number of carbonyl (C=O) groups is 2. The van der Waals surface area contributed by atoms with Crippen molar-refractivity contribution in [1.29, 1.82) is 0 Å². The lowest BCUT2D eigenvalue weighted by atomic mass is 10.1. The van der Waals surface area contributed by atoms with Crippen molar-refractivity contribution < 1.29 is 14.3 Å². The van der Waals surface area contributed by atoms with Gasteiger partial charge in [-0.2, -0.15) is 0 Å². The molecule has 0 heterocycles. The third-order valence-corrected chi connectivity index (χ3v) is 5.51. The van der Waals surface area contributed by atoms with E-state index in [0.717, 1.165) is 22.2 Å². The van der Waals surface area contributed by atoms with Crippen molar-refractivity contribution >= 4 is 27.7 Å². The summed E-state index contributed by atoms with van der Waals surface area (Å²) in [6, 6.07) is 16.9. The van der Waals surface area contributed by atoms with Gasteiger partial charge in [0.15, 0.2) is 0 Å². The van der Waals surface area contributed by atoms with Crippen molar-refractivity contribution in [3.8, 4) is 5.75 Å². The van der Waals surface area contributed by atoms with Gasteiger partial charge in [0.25, 0.3) is 0 Å². The van der Waals surface area contributed by atoms with Crippen LogP contribution in [0.15, 0.2) is 59.1 Å². The smallest absolute Gasteiger partial charge is 0.242 e. The van der Waals surface area contributed by atoms with Crippen molar-refractivity contribution in [2.24, 2.45) is 0 Å². The molecule has 2 aromatic carbocycles. The Hall–Kier alpha value is -2.34. The van der Waals surface area contributed by atoms with Gasteiger partial charge < -0.3 is 15.0 Å². The first kappa shape index (κ1) is 23.9. The molecule has 2 aromatic rings. The maximum atomic E-state index is 13.0. The average molecular weight is 475 g/mol. The van der Waals surface area contributed by atoms with Gasteiger partial charge in [-0.25, -0.2) is 0 Å². The molecule has 0 aromatic heterocycles. The number of nitrogens with one attached hydrogen (secondary N) is 1. The number of hydrogen-bond acceptors (Lipinski definition) is 3. The quantitative estimate of drug-likeness (QED) is 0.469. The van der Waals surface area contributed by atoms with Crippen LogP contribution in [-0.4, -0.2) is 35.4 Å². The molecule has 0 unspecified atom stereocenters. The molecule has 0 fully saturated rings. The van der Waals surface area contributed by atoms with Gasteiger partial charge in [0.2, 0.25) is 11.8 Å². The molecule has 0 radical (unpaired) electrons. The second-order valence-electron chi connectivity index (χ2n) is 7.41. The number of hydrogen-bond donors (Lipinski definition) is 1. The molecular formula is C24H31BrN2O3. The average Bonchev–Trinajstić information content (AvgIpc) is 2.76. The molecule has 162 valence electrons. The van der Waals surface area contributed by atoms with Crippen LogP contribution in [0.2, 0.25) is 0 Å². The molecule has 0 aliphatic heterocycles. The SMILES string of the molecule is CC[C@@H](C)NC(=O)[C@@H](C)N(Cc1ccc(Br)cc1)C(=O)CCCOc1ccccc1. The van der Waals surface area contributed by atoms with Crippen LogP contribution in [0.25, 0.3) is 0 Å². The van der Waals surface area contributed by atoms with E-state index in [4.69, 9.17) is 4.74 Å². The fraction of sp³-hybridized carbons (Fsp3) is 0.417. The van der Waals surface area contributed by atoms with E-state index in [9.17, 15) is 9.59 Å². The largest absolute Gasteiger partial charge is 0.494 e. The Kier molecular flexibility index (Phi) is 9.87. The van der Waals surface area contributed by atoms with Crippen molar-refractivity contribution in [2.45, 2.75) is 58.7 Å². The molecule has 0 saturated carbocycles. The highest BCUT2D eigenvalue weighted by atomic mass is 79.9. The summed E-state index contributed by atoms with van der Waals surface area (Å²) in [5, 5.41) is 2.98. The number of carbonyl (C=O) groups excluding carboxylic acids is 2. The normalized spacial score (nSPS) is 12.7. The third-order valence-electron chi connectivity index (χ3n) is 4.98. The van der Waals surface area contributed by atoms with Crippen LogP contribution in [-0.2, 0) is 16.1 Å². The molecule has 5 nitrogen and oxygen atoms in total. The minimum atomic E-state index is -0.551. The standard InChI is InChI=1S/C24H31BrN2O3/c1-4-18(2)26-24(29)19(3)27(17-20-12-14-21(25)15-13-20)23(28)11-8-16-30-22-9-6-5-7-10-22/h5-7,9-10,12-15,18-19H,4,8,11,16-17H2,1-3H3,(H,26,29)/t18-,19-/m1/s1. The highest BCUT2D eigenvalue weighted by Crippen LogP contribution is 2.16. The summed E-state index contributed by atoms with van der Waals surface area (Å²) in [5.74, 6) is 0.606. The van der Waals surface area contributed by atoms with Gasteiger partial charge in [0.1, 0.15) is 11.8 Å². The summed E-state index contributed by atoms with van der Waals surface area (Å²) in [6.07, 6.45) is 1.75. The lowest BCUT2D eigenvalue weighted by Gasteiger charge is -2.29. The Morgan fingerprint density at radius 1 is 1.07 bits per heavy atom. The zero-order valence-electron chi connectivity index (χ0n) is 17.9. The summed E-state index contributed by atoms with van der Waals surface area (Å²) >= 11 is 3.43. The summed E-state index contributed by atoms with van der Waals surface area (Å²) in [6.45, 7) is 6.62. The first-order chi connectivity index (χ1) is 14.4. The first-order valence-electron chi connectivity index (χ1n) is 10.4. The number of halogens is 1. The van der Waals surface area contributed by atoms with E-state index in [1.54, 1.807) is 11.8 Å². The van der Waals surface area contributed by atoms with Crippen LogP contribution < -0.4 is 10.1 Å². The van der Waals surface area contributed by atoms with E-state index in [-0.39, 0.29) is 17.9 Å². The topological polar surface area (TPSA) is 58.6 Å². The van der Waals surface area contributed by atoms with Crippen LogP contribution in [0.3, 0.4) is 0 Å². The number of benzene rings is 2. The van der Waals surface area contributed by atoms with E-state index in [1.165, 1.54) is 0 Å². The second kappa shape index (κ2) is 12.4. The molecule has 0 spiro atoms. The molecule has 0 saturated heterocycles. The fourth-order valence-corrected chi connectivity index (χ4v) is 3.17. The van der Waals surface area contributed by atoms with Gasteiger partial charge in [0, 0.05) is 23.5 Å². The van der Waals surface area contributed by atoms with Crippen LogP contribution >= 0.6 is 15.9 Å². The van der Waals surface area contributed by atoms with E-state index >= 15 is 0 Å². The van der Waals surface area contributed by atoms with Crippen LogP contribution in [0.5, 0.6) is 5.75 Å². The molecule has 0 bridgehead atoms. The molecule has 2 rings (SSSR count). The summed E-state index contributed by atoms with van der Waals surface area (Å²) < 4.78 is 6.66. The van der Waals surface area contributed by atoms with Crippen molar-refractivity contribution in [3.63, 3.8) is 0 Å². The minimum Gasteiger partial charge on any atom is -0.494 e. The summed E-state index contributed by atoms with van der Waals surface area (Å²) in [7, 11) is 0. The Balaban J connectivity index is 2.00. The van der Waals surface area contributed by atoms with E-state index < -0.39 is 6.04 Å². The molecule has 0 aliphatic rings. The first-order valence-corrected chi connectivity index (χ1v) is 11.2. The lowest BCUT2D eigenvalue weighted by Crippen LogP contribution is -2.49. The van der Waals surface area contributed by atoms with E-state index in [1.807, 2.05) is 68.4 Å². The van der Waals surface area contributed by atoms with Crippen LogP contribution in [0, 0.1) is 0 Å². The highest BCUT2D eigenvalue weighted by Gasteiger charge is 2.26. The van der Waals surface area contributed by atoms with Crippen molar-refractivity contribution in [1.82, 2.24) is 10.2 Å². The summed E-state index contributed by atoms with van der Waals surface area (Å²) in [4.78, 5) is 27.3. The van der Waals surface area contributed by atoms with Gasteiger partial charge in [0.05, 0.1) is 6.61 Å². The highest BCUT2D eigenvalue weighted by molar-refractivity contribution is 9.10.